The fourth-order valence-electron chi connectivity index (χ4n) is 1.32. The normalized spacial score (nSPS) is 12.4. The van der Waals surface area contributed by atoms with Gasteiger partial charge in [0.05, 0.1) is 11.6 Å². The number of halogens is 4. The van der Waals surface area contributed by atoms with Crippen molar-refractivity contribution in [2.75, 3.05) is 0 Å². The molecule has 0 radical (unpaired) electrons. The second-order valence-electron chi connectivity index (χ2n) is 3.50. The fraction of sp³-hybridized carbons (Fsp3) is 0.364. The summed E-state index contributed by atoms with van der Waals surface area (Å²) in [6, 6.07) is 7.57. The van der Waals surface area contributed by atoms with Crippen LogP contribution in [0.2, 0.25) is 0 Å². The van der Waals surface area contributed by atoms with E-state index in [9.17, 15) is 13.2 Å². The Balaban J connectivity index is 0.00000256. The van der Waals surface area contributed by atoms with E-state index in [1.54, 1.807) is 18.2 Å². The van der Waals surface area contributed by atoms with Gasteiger partial charge in [-0.15, -0.1) is 12.4 Å². The van der Waals surface area contributed by atoms with Gasteiger partial charge in [0.1, 0.15) is 0 Å². The highest BCUT2D eigenvalue weighted by molar-refractivity contribution is 5.85. The van der Waals surface area contributed by atoms with Crippen LogP contribution in [-0.4, -0.2) is 6.18 Å². The topological polar surface area (TPSA) is 49.8 Å². The van der Waals surface area contributed by atoms with Gasteiger partial charge < -0.3 is 5.73 Å². The Morgan fingerprint density at radius 1 is 1.35 bits per heavy atom. The zero-order chi connectivity index (χ0) is 12.2. The van der Waals surface area contributed by atoms with Gasteiger partial charge in [0.15, 0.2) is 0 Å². The van der Waals surface area contributed by atoms with Gasteiger partial charge in [-0.25, -0.2) is 0 Å². The molecule has 0 amide bonds. The summed E-state index contributed by atoms with van der Waals surface area (Å²) in [6.07, 6.45) is -5.27. The summed E-state index contributed by atoms with van der Waals surface area (Å²) in [6.45, 7) is 0. The SMILES string of the molecule is Cl.N#Cc1cccc([C@H](N)CCC(F)(F)F)c1. The number of nitrogens with zero attached hydrogens (tertiary/aromatic N) is 1. The molecule has 6 heteroatoms. The smallest absolute Gasteiger partial charge is 0.324 e. The molecule has 94 valence electrons. The highest BCUT2D eigenvalue weighted by Gasteiger charge is 2.27. The Hall–Kier alpha value is -1.25. The molecule has 0 saturated carbocycles. The van der Waals surface area contributed by atoms with Crippen LogP contribution in [0.1, 0.15) is 30.0 Å². The first-order valence-corrected chi connectivity index (χ1v) is 4.75. The van der Waals surface area contributed by atoms with Crippen molar-refractivity contribution in [1.29, 1.82) is 5.26 Å². The van der Waals surface area contributed by atoms with E-state index >= 15 is 0 Å². The van der Waals surface area contributed by atoms with E-state index in [1.807, 2.05) is 6.07 Å². The Morgan fingerprint density at radius 3 is 2.53 bits per heavy atom. The highest BCUT2D eigenvalue weighted by atomic mass is 35.5. The molecule has 1 rings (SSSR count). The molecular formula is C11H12ClF3N2. The molecule has 17 heavy (non-hydrogen) atoms. The average molecular weight is 265 g/mol. The van der Waals surface area contributed by atoms with Gasteiger partial charge in [-0.1, -0.05) is 12.1 Å². The Morgan fingerprint density at radius 2 is 2.00 bits per heavy atom. The van der Waals surface area contributed by atoms with Crippen molar-refractivity contribution >= 4 is 12.4 Å². The Kier molecular flexibility index (Phi) is 6.00. The summed E-state index contributed by atoms with van der Waals surface area (Å²) in [5.74, 6) is 0. The minimum absolute atomic E-state index is 0. The summed E-state index contributed by atoms with van der Waals surface area (Å²) in [4.78, 5) is 0. The van der Waals surface area contributed by atoms with Crippen molar-refractivity contribution in [3.8, 4) is 6.07 Å². The molecule has 1 aromatic rings. The molecule has 0 aromatic heterocycles. The Bertz CT molecular complexity index is 398. The van der Waals surface area contributed by atoms with Gasteiger partial charge in [0.25, 0.3) is 0 Å². The number of nitriles is 1. The lowest BCUT2D eigenvalue weighted by atomic mass is 10.0. The maximum absolute atomic E-state index is 12.0. The Labute approximate surface area is 104 Å². The van der Waals surface area contributed by atoms with E-state index in [0.717, 1.165) is 0 Å². The first kappa shape index (κ1) is 15.8. The molecule has 2 nitrogen and oxygen atoms in total. The molecule has 0 saturated heterocycles. The largest absolute Gasteiger partial charge is 0.389 e. The molecule has 0 aliphatic rings. The predicted octanol–water partition coefficient (Wildman–Crippen LogP) is 3.32. The van der Waals surface area contributed by atoms with E-state index in [1.165, 1.54) is 6.07 Å². The van der Waals surface area contributed by atoms with Crippen molar-refractivity contribution in [2.45, 2.75) is 25.1 Å². The van der Waals surface area contributed by atoms with Gasteiger partial charge in [-0.05, 0) is 24.1 Å². The van der Waals surface area contributed by atoms with Crippen LogP contribution in [-0.2, 0) is 0 Å². The quantitative estimate of drug-likeness (QED) is 0.910. The van der Waals surface area contributed by atoms with Crippen LogP contribution >= 0.6 is 12.4 Å². The summed E-state index contributed by atoms with van der Waals surface area (Å²) < 4.78 is 35.9. The second kappa shape index (κ2) is 6.48. The van der Waals surface area contributed by atoms with Crippen molar-refractivity contribution in [3.63, 3.8) is 0 Å². The number of nitrogens with two attached hydrogens (primary N) is 1. The van der Waals surface area contributed by atoms with Crippen molar-refractivity contribution in [3.05, 3.63) is 35.4 Å². The van der Waals surface area contributed by atoms with Crippen LogP contribution in [0.25, 0.3) is 0 Å². The maximum Gasteiger partial charge on any atom is 0.389 e. The number of alkyl halides is 3. The molecule has 0 aliphatic carbocycles. The van der Waals surface area contributed by atoms with Crippen LogP contribution in [0.5, 0.6) is 0 Å². The van der Waals surface area contributed by atoms with E-state index < -0.39 is 18.6 Å². The summed E-state index contributed by atoms with van der Waals surface area (Å²) >= 11 is 0. The average Bonchev–Trinajstić information content (AvgIpc) is 2.25. The van der Waals surface area contributed by atoms with E-state index in [0.29, 0.717) is 11.1 Å². The monoisotopic (exact) mass is 264 g/mol. The molecule has 0 aliphatic heterocycles. The number of hydrogen-bond donors (Lipinski definition) is 1. The van der Waals surface area contributed by atoms with Gasteiger partial charge in [0, 0.05) is 12.5 Å². The van der Waals surface area contributed by atoms with Crippen LogP contribution in [0, 0.1) is 11.3 Å². The zero-order valence-electron chi connectivity index (χ0n) is 8.87. The molecule has 0 fully saturated rings. The van der Waals surface area contributed by atoms with Crippen molar-refractivity contribution < 1.29 is 13.2 Å². The van der Waals surface area contributed by atoms with Crippen LogP contribution in [0.3, 0.4) is 0 Å². The lowest BCUT2D eigenvalue weighted by Crippen LogP contribution is -2.15. The summed E-state index contributed by atoms with van der Waals surface area (Å²) in [5, 5.41) is 8.63. The zero-order valence-corrected chi connectivity index (χ0v) is 9.68. The van der Waals surface area contributed by atoms with Gasteiger partial charge in [-0.3, -0.25) is 0 Å². The highest BCUT2D eigenvalue weighted by Crippen LogP contribution is 2.26. The molecule has 0 heterocycles. The van der Waals surface area contributed by atoms with E-state index in [2.05, 4.69) is 0 Å². The summed E-state index contributed by atoms with van der Waals surface area (Å²) in [5.41, 5.74) is 6.58. The third kappa shape index (κ3) is 5.57. The molecule has 0 bridgehead atoms. The molecule has 0 spiro atoms. The molecular weight excluding hydrogens is 253 g/mol. The van der Waals surface area contributed by atoms with Crippen LogP contribution in [0.15, 0.2) is 24.3 Å². The third-order valence-electron chi connectivity index (χ3n) is 2.18. The minimum Gasteiger partial charge on any atom is -0.324 e. The molecule has 1 aromatic carbocycles. The number of hydrogen-bond acceptors (Lipinski definition) is 2. The van der Waals surface area contributed by atoms with E-state index in [4.69, 9.17) is 11.0 Å². The number of rotatable bonds is 3. The molecule has 0 unspecified atom stereocenters. The van der Waals surface area contributed by atoms with Gasteiger partial charge >= 0.3 is 6.18 Å². The second-order valence-corrected chi connectivity index (χ2v) is 3.50. The lowest BCUT2D eigenvalue weighted by Gasteiger charge is -2.13. The van der Waals surface area contributed by atoms with Gasteiger partial charge in [-0.2, -0.15) is 18.4 Å². The molecule has 1 atom stereocenters. The third-order valence-corrected chi connectivity index (χ3v) is 2.18. The standard InChI is InChI=1S/C11H11F3N2.ClH/c12-11(13,14)5-4-10(16)9-3-1-2-8(6-9)7-15;/h1-3,6,10H,4-5,16H2;1H/t10-;/m1./s1. The van der Waals surface area contributed by atoms with Crippen LogP contribution < -0.4 is 5.73 Å². The van der Waals surface area contributed by atoms with Crippen molar-refractivity contribution in [2.24, 2.45) is 5.73 Å². The summed E-state index contributed by atoms with van der Waals surface area (Å²) in [7, 11) is 0. The predicted molar refractivity (Wildman–Crippen MR) is 60.6 cm³/mol. The lowest BCUT2D eigenvalue weighted by molar-refractivity contribution is -0.136. The van der Waals surface area contributed by atoms with E-state index in [-0.39, 0.29) is 18.8 Å². The first-order valence-electron chi connectivity index (χ1n) is 4.75. The fourth-order valence-corrected chi connectivity index (χ4v) is 1.32. The number of benzene rings is 1. The molecule has 2 N–H and O–H groups in total. The first-order chi connectivity index (χ1) is 7.42. The van der Waals surface area contributed by atoms with Crippen LogP contribution in [0.4, 0.5) is 13.2 Å². The maximum atomic E-state index is 12.0. The van der Waals surface area contributed by atoms with Gasteiger partial charge in [0.2, 0.25) is 0 Å². The minimum atomic E-state index is -4.19. The van der Waals surface area contributed by atoms with Crippen molar-refractivity contribution in [1.82, 2.24) is 0 Å².